The van der Waals surface area contributed by atoms with Gasteiger partial charge >= 0.3 is 0 Å². The van der Waals surface area contributed by atoms with Crippen LogP contribution in [0.2, 0.25) is 0 Å². The molecule has 3 heteroatoms. The molecule has 0 bridgehead atoms. The molecule has 1 rings (SSSR count). The van der Waals surface area contributed by atoms with E-state index in [1.54, 1.807) is 30.3 Å². The summed E-state index contributed by atoms with van der Waals surface area (Å²) in [7, 11) is 3.60. The van der Waals surface area contributed by atoms with Crippen molar-refractivity contribution in [2.45, 2.75) is 33.1 Å². The van der Waals surface area contributed by atoms with E-state index in [4.69, 9.17) is 0 Å². The van der Waals surface area contributed by atoms with E-state index in [9.17, 15) is 4.79 Å². The van der Waals surface area contributed by atoms with E-state index in [-0.39, 0.29) is 5.91 Å². The zero-order valence-electron chi connectivity index (χ0n) is 9.96. The number of thiophene rings is 1. The maximum atomic E-state index is 11.8. The van der Waals surface area contributed by atoms with Gasteiger partial charge in [-0.15, -0.1) is 11.3 Å². The van der Waals surface area contributed by atoms with Crippen LogP contribution in [-0.4, -0.2) is 24.9 Å². The first kappa shape index (κ1) is 12.2. The van der Waals surface area contributed by atoms with Crippen molar-refractivity contribution in [3.63, 3.8) is 0 Å². The molecular weight excluding hydrogens is 206 g/mol. The molecule has 1 heterocycles. The van der Waals surface area contributed by atoms with Gasteiger partial charge in [0, 0.05) is 19.0 Å². The molecule has 0 N–H and O–H groups in total. The molecule has 2 nitrogen and oxygen atoms in total. The van der Waals surface area contributed by atoms with Crippen LogP contribution >= 0.6 is 11.3 Å². The third kappa shape index (κ3) is 2.81. The second-order valence-corrected chi connectivity index (χ2v) is 5.00. The van der Waals surface area contributed by atoms with Gasteiger partial charge in [0.15, 0.2) is 0 Å². The first-order valence-electron chi connectivity index (χ1n) is 5.43. The molecule has 0 aromatic carbocycles. The number of hydrogen-bond acceptors (Lipinski definition) is 2. The van der Waals surface area contributed by atoms with Crippen LogP contribution in [0.1, 0.15) is 40.4 Å². The van der Waals surface area contributed by atoms with Crippen molar-refractivity contribution in [3.8, 4) is 0 Å². The quantitative estimate of drug-likeness (QED) is 0.771. The Morgan fingerprint density at radius 2 is 2.07 bits per heavy atom. The number of carbonyl (C=O) groups excluding carboxylic acids is 1. The van der Waals surface area contributed by atoms with Gasteiger partial charge in [0.05, 0.1) is 4.88 Å². The molecule has 0 aliphatic heterocycles. The van der Waals surface area contributed by atoms with Gasteiger partial charge in [0.2, 0.25) is 0 Å². The van der Waals surface area contributed by atoms with E-state index in [1.807, 2.05) is 0 Å². The van der Waals surface area contributed by atoms with Crippen molar-refractivity contribution in [1.29, 1.82) is 0 Å². The van der Waals surface area contributed by atoms with E-state index in [0.29, 0.717) is 0 Å². The minimum atomic E-state index is 0.122. The molecule has 0 aliphatic carbocycles. The summed E-state index contributed by atoms with van der Waals surface area (Å²) in [6.07, 6.45) is 3.25. The molecule has 0 spiro atoms. The van der Waals surface area contributed by atoms with Crippen molar-refractivity contribution in [2.24, 2.45) is 0 Å². The number of hydrogen-bond donors (Lipinski definition) is 0. The number of rotatable bonds is 4. The maximum absolute atomic E-state index is 11.8. The van der Waals surface area contributed by atoms with E-state index in [1.165, 1.54) is 10.4 Å². The van der Waals surface area contributed by atoms with Crippen LogP contribution in [0.4, 0.5) is 0 Å². The van der Waals surface area contributed by atoms with Gasteiger partial charge in [-0.05, 0) is 24.5 Å². The Bertz CT molecular complexity index is 341. The summed E-state index contributed by atoms with van der Waals surface area (Å²) >= 11 is 1.65. The topological polar surface area (TPSA) is 20.3 Å². The molecule has 0 saturated heterocycles. The number of nitrogens with zero attached hydrogens (tertiary/aromatic N) is 1. The van der Waals surface area contributed by atoms with E-state index in [2.05, 4.69) is 19.9 Å². The normalized spacial score (nSPS) is 10.4. The lowest BCUT2D eigenvalue weighted by Gasteiger charge is -2.07. The highest BCUT2D eigenvalue weighted by atomic mass is 32.1. The highest BCUT2D eigenvalue weighted by Gasteiger charge is 2.14. The van der Waals surface area contributed by atoms with Gasteiger partial charge < -0.3 is 4.90 Å². The SMILES string of the molecule is CCCc1sc(C(=O)N(C)C)cc1CC. The molecule has 0 atom stereocenters. The highest BCUT2D eigenvalue weighted by Crippen LogP contribution is 2.25. The summed E-state index contributed by atoms with van der Waals surface area (Å²) < 4.78 is 0. The van der Waals surface area contributed by atoms with Crippen LogP contribution < -0.4 is 0 Å². The lowest BCUT2D eigenvalue weighted by Crippen LogP contribution is -2.20. The van der Waals surface area contributed by atoms with Crippen LogP contribution in [0, 0.1) is 0 Å². The number of aryl methyl sites for hydroxylation is 2. The van der Waals surface area contributed by atoms with E-state index >= 15 is 0 Å². The minimum Gasteiger partial charge on any atom is -0.344 e. The van der Waals surface area contributed by atoms with Crippen LogP contribution in [-0.2, 0) is 12.8 Å². The van der Waals surface area contributed by atoms with Crippen molar-refractivity contribution in [3.05, 3.63) is 21.4 Å². The predicted molar refractivity (Wildman–Crippen MR) is 65.7 cm³/mol. The largest absolute Gasteiger partial charge is 0.344 e. The fourth-order valence-corrected chi connectivity index (χ4v) is 2.91. The molecule has 15 heavy (non-hydrogen) atoms. The smallest absolute Gasteiger partial charge is 0.263 e. The molecule has 0 fully saturated rings. The lowest BCUT2D eigenvalue weighted by molar-refractivity contribution is 0.0832. The average molecular weight is 225 g/mol. The van der Waals surface area contributed by atoms with Crippen molar-refractivity contribution in [2.75, 3.05) is 14.1 Å². The third-order valence-electron chi connectivity index (χ3n) is 2.37. The van der Waals surface area contributed by atoms with Crippen LogP contribution in [0.5, 0.6) is 0 Å². The summed E-state index contributed by atoms with van der Waals surface area (Å²) in [5, 5.41) is 0. The molecule has 84 valence electrons. The Hall–Kier alpha value is -0.830. The summed E-state index contributed by atoms with van der Waals surface area (Å²) in [5.74, 6) is 0.122. The van der Waals surface area contributed by atoms with Crippen molar-refractivity contribution < 1.29 is 4.79 Å². The summed E-state index contributed by atoms with van der Waals surface area (Å²) in [6.45, 7) is 4.32. The van der Waals surface area contributed by atoms with Gasteiger partial charge in [-0.2, -0.15) is 0 Å². The van der Waals surface area contributed by atoms with E-state index in [0.717, 1.165) is 24.1 Å². The Morgan fingerprint density at radius 1 is 1.40 bits per heavy atom. The number of carbonyl (C=O) groups is 1. The predicted octanol–water partition coefficient (Wildman–Crippen LogP) is 2.96. The Kier molecular flexibility index (Phi) is 4.33. The zero-order chi connectivity index (χ0) is 11.4. The van der Waals surface area contributed by atoms with Gasteiger partial charge in [-0.1, -0.05) is 20.3 Å². The lowest BCUT2D eigenvalue weighted by atomic mass is 10.1. The van der Waals surface area contributed by atoms with E-state index < -0.39 is 0 Å². The summed E-state index contributed by atoms with van der Waals surface area (Å²) in [6, 6.07) is 2.05. The van der Waals surface area contributed by atoms with Crippen LogP contribution in [0.25, 0.3) is 0 Å². The fraction of sp³-hybridized carbons (Fsp3) is 0.583. The first-order chi connectivity index (χ1) is 7.10. The Balaban J connectivity index is 2.96. The third-order valence-corrected chi connectivity index (χ3v) is 3.60. The van der Waals surface area contributed by atoms with Crippen LogP contribution in [0.3, 0.4) is 0 Å². The standard InChI is InChI=1S/C12H19NOS/c1-5-7-10-9(6-2)8-11(15-10)12(14)13(3)4/h8H,5-7H2,1-4H3. The van der Waals surface area contributed by atoms with Gasteiger partial charge in [-0.25, -0.2) is 0 Å². The zero-order valence-corrected chi connectivity index (χ0v) is 10.8. The molecule has 1 amide bonds. The molecule has 0 aliphatic rings. The highest BCUT2D eigenvalue weighted by molar-refractivity contribution is 7.14. The van der Waals surface area contributed by atoms with Gasteiger partial charge in [0.1, 0.15) is 0 Å². The molecule has 1 aromatic heterocycles. The second kappa shape index (κ2) is 5.31. The van der Waals surface area contributed by atoms with Gasteiger partial charge in [0.25, 0.3) is 5.91 Å². The fourth-order valence-electron chi connectivity index (χ4n) is 1.53. The van der Waals surface area contributed by atoms with Crippen molar-refractivity contribution >= 4 is 17.2 Å². The monoisotopic (exact) mass is 225 g/mol. The molecule has 0 radical (unpaired) electrons. The molecule has 1 aromatic rings. The second-order valence-electron chi connectivity index (χ2n) is 3.86. The van der Waals surface area contributed by atoms with Crippen LogP contribution in [0.15, 0.2) is 6.07 Å². The molecule has 0 saturated carbocycles. The van der Waals surface area contributed by atoms with Gasteiger partial charge in [-0.3, -0.25) is 4.79 Å². The maximum Gasteiger partial charge on any atom is 0.263 e. The number of amides is 1. The average Bonchev–Trinajstić information content (AvgIpc) is 2.60. The molecular formula is C12H19NOS. The van der Waals surface area contributed by atoms with Crippen molar-refractivity contribution in [1.82, 2.24) is 4.90 Å². The Labute approximate surface area is 95.9 Å². The molecule has 0 unspecified atom stereocenters. The first-order valence-corrected chi connectivity index (χ1v) is 6.25. The summed E-state index contributed by atoms with van der Waals surface area (Å²) in [4.78, 5) is 15.7. The summed E-state index contributed by atoms with van der Waals surface area (Å²) in [5.41, 5.74) is 1.34. The Morgan fingerprint density at radius 3 is 2.53 bits per heavy atom. The minimum absolute atomic E-state index is 0.122.